The minimum Gasteiger partial charge on any atom is -0.0473 e. The lowest BCUT2D eigenvalue weighted by molar-refractivity contribution is 0.147. The molecule has 2 radical (unpaired) electrons. The maximum atomic E-state index is 2.64. The topological polar surface area (TPSA) is 0 Å². The van der Waals surface area contributed by atoms with Crippen LogP contribution in [-0.2, 0) is 0 Å². The molecule has 0 aromatic heterocycles. The van der Waals surface area contributed by atoms with Gasteiger partial charge in [-0.15, -0.1) is 0 Å². The second kappa shape index (κ2) is 1.78. The van der Waals surface area contributed by atoms with E-state index >= 15 is 0 Å². The Bertz CT molecular complexity index is 91.6. The lowest BCUT2D eigenvalue weighted by Crippen LogP contribution is -2.37. The third-order valence-electron chi connectivity index (χ3n) is 3.50. The molecule has 4 bridgehead atoms. The first-order valence-electron chi connectivity index (χ1n) is 4.59. The first-order valence-corrected chi connectivity index (χ1v) is 4.59. The van der Waals surface area contributed by atoms with Gasteiger partial charge in [-0.2, -0.15) is 0 Å². The van der Waals surface area contributed by atoms with Gasteiger partial charge in [-0.1, -0.05) is 0 Å². The Kier molecular flexibility index (Phi) is 1.00. The molecule has 4 saturated carbocycles. The summed E-state index contributed by atoms with van der Waals surface area (Å²) < 4.78 is 0. The van der Waals surface area contributed by atoms with Gasteiger partial charge in [0.1, 0.15) is 0 Å². The standard InChI is InChI=1S/C10H14/c1-7-2-9-4-8(1)5-10(3-7)6-9/h1,7-9H,2-6H2. The third kappa shape index (κ3) is 0.681. The zero-order valence-corrected chi connectivity index (χ0v) is 6.34. The molecule has 0 aromatic rings. The van der Waals surface area contributed by atoms with Crippen molar-refractivity contribution in [1.29, 1.82) is 0 Å². The Morgan fingerprint density at radius 3 is 2.20 bits per heavy atom. The monoisotopic (exact) mass is 134 g/mol. The summed E-state index contributed by atoms with van der Waals surface area (Å²) >= 11 is 0. The van der Waals surface area contributed by atoms with Crippen LogP contribution in [0.15, 0.2) is 0 Å². The molecular weight excluding hydrogens is 120 g/mol. The lowest BCUT2D eigenvalue weighted by atomic mass is 9.56. The molecule has 0 saturated heterocycles. The second-order valence-electron chi connectivity index (χ2n) is 4.41. The van der Waals surface area contributed by atoms with E-state index in [1.54, 1.807) is 0 Å². The normalized spacial score (nSPS) is 52.2. The van der Waals surface area contributed by atoms with Gasteiger partial charge < -0.3 is 0 Å². The second-order valence-corrected chi connectivity index (χ2v) is 4.41. The first-order chi connectivity index (χ1) is 4.90. The number of rotatable bonds is 0. The molecule has 4 fully saturated rings. The van der Waals surface area contributed by atoms with Gasteiger partial charge in [0.2, 0.25) is 0 Å². The van der Waals surface area contributed by atoms with Crippen LogP contribution in [0.3, 0.4) is 0 Å². The molecule has 2 unspecified atom stereocenters. The van der Waals surface area contributed by atoms with Crippen LogP contribution in [0.1, 0.15) is 32.1 Å². The predicted molar refractivity (Wildman–Crippen MR) is 41.1 cm³/mol. The average Bonchev–Trinajstić information content (AvgIpc) is 1.82. The highest BCUT2D eigenvalue weighted by molar-refractivity contribution is 5.14. The first kappa shape index (κ1) is 5.62. The molecule has 0 spiro atoms. The fourth-order valence-corrected chi connectivity index (χ4v) is 3.36. The van der Waals surface area contributed by atoms with Crippen molar-refractivity contribution in [3.63, 3.8) is 0 Å². The van der Waals surface area contributed by atoms with E-state index in [9.17, 15) is 0 Å². The van der Waals surface area contributed by atoms with Crippen LogP contribution < -0.4 is 0 Å². The summed E-state index contributed by atoms with van der Waals surface area (Å²) in [4.78, 5) is 0. The van der Waals surface area contributed by atoms with E-state index in [4.69, 9.17) is 0 Å². The minimum atomic E-state index is 1.02. The highest BCUT2D eigenvalue weighted by atomic mass is 14.5. The van der Waals surface area contributed by atoms with Gasteiger partial charge in [-0.05, 0) is 62.2 Å². The van der Waals surface area contributed by atoms with E-state index in [2.05, 4.69) is 6.42 Å². The molecule has 0 N–H and O–H groups in total. The number of hydrogen-bond donors (Lipinski definition) is 0. The molecule has 4 rings (SSSR count). The molecule has 2 atom stereocenters. The lowest BCUT2D eigenvalue weighted by Gasteiger charge is -2.49. The number of hydrogen-bond acceptors (Lipinski definition) is 0. The van der Waals surface area contributed by atoms with Crippen LogP contribution in [0, 0.1) is 30.1 Å². The van der Waals surface area contributed by atoms with Gasteiger partial charge in [0.25, 0.3) is 0 Å². The van der Waals surface area contributed by atoms with Gasteiger partial charge in [0, 0.05) is 0 Å². The van der Waals surface area contributed by atoms with Crippen LogP contribution in [0.4, 0.5) is 0 Å². The Hall–Kier alpha value is 0. The van der Waals surface area contributed by atoms with Crippen molar-refractivity contribution >= 4 is 0 Å². The van der Waals surface area contributed by atoms with Crippen molar-refractivity contribution in [2.75, 3.05) is 0 Å². The van der Waals surface area contributed by atoms with Crippen LogP contribution in [-0.4, -0.2) is 0 Å². The molecule has 0 aromatic carbocycles. The van der Waals surface area contributed by atoms with E-state index in [-0.39, 0.29) is 0 Å². The molecule has 0 aliphatic heterocycles. The average molecular weight is 134 g/mol. The summed E-state index contributed by atoms with van der Waals surface area (Å²) in [5.74, 6) is 5.04. The van der Waals surface area contributed by atoms with Crippen molar-refractivity contribution in [3.8, 4) is 0 Å². The van der Waals surface area contributed by atoms with Crippen molar-refractivity contribution in [2.24, 2.45) is 17.8 Å². The van der Waals surface area contributed by atoms with Crippen molar-refractivity contribution in [3.05, 3.63) is 12.3 Å². The molecule has 4 aliphatic carbocycles. The quantitative estimate of drug-likeness (QED) is 0.477. The Labute approximate surface area is 63.0 Å². The van der Waals surface area contributed by atoms with E-state index in [0.717, 1.165) is 17.8 Å². The maximum Gasteiger partial charge on any atom is -0.0233 e. The van der Waals surface area contributed by atoms with Gasteiger partial charge in [-0.3, -0.25) is 0 Å². The highest BCUT2D eigenvalue weighted by Crippen LogP contribution is 2.53. The summed E-state index contributed by atoms with van der Waals surface area (Å²) in [6, 6.07) is 0. The largest absolute Gasteiger partial charge is 0.0473 e. The summed E-state index contributed by atoms with van der Waals surface area (Å²) in [5.41, 5.74) is 0. The SMILES string of the molecule is [CH]1C2C[C]3CC1CC(C3)C2. The summed E-state index contributed by atoms with van der Waals surface area (Å²) in [6.45, 7) is 0. The van der Waals surface area contributed by atoms with Crippen LogP contribution in [0.25, 0.3) is 0 Å². The molecule has 0 nitrogen and oxygen atoms in total. The van der Waals surface area contributed by atoms with E-state index < -0.39 is 0 Å². The smallest absolute Gasteiger partial charge is 0.0233 e. The van der Waals surface area contributed by atoms with Gasteiger partial charge in [0.15, 0.2) is 0 Å². The van der Waals surface area contributed by atoms with E-state index in [1.165, 1.54) is 32.1 Å². The van der Waals surface area contributed by atoms with E-state index in [0.29, 0.717) is 0 Å². The molecule has 4 aliphatic rings. The van der Waals surface area contributed by atoms with Gasteiger partial charge >= 0.3 is 0 Å². The fraction of sp³-hybridized carbons (Fsp3) is 0.800. The Morgan fingerprint density at radius 1 is 1.00 bits per heavy atom. The van der Waals surface area contributed by atoms with E-state index in [1.807, 2.05) is 5.92 Å². The summed E-state index contributed by atoms with van der Waals surface area (Å²) in [5, 5.41) is 0. The molecule has 0 amide bonds. The Balaban J connectivity index is 1.90. The highest BCUT2D eigenvalue weighted by Gasteiger charge is 2.42. The fourth-order valence-electron chi connectivity index (χ4n) is 3.36. The summed E-state index contributed by atoms with van der Waals surface area (Å²) in [6.07, 6.45) is 10.1. The minimum absolute atomic E-state index is 1.02. The van der Waals surface area contributed by atoms with Crippen molar-refractivity contribution < 1.29 is 0 Å². The van der Waals surface area contributed by atoms with Crippen molar-refractivity contribution in [1.82, 2.24) is 0 Å². The van der Waals surface area contributed by atoms with Crippen LogP contribution >= 0.6 is 0 Å². The zero-order valence-electron chi connectivity index (χ0n) is 6.34. The maximum absolute atomic E-state index is 2.64. The molecular formula is C10H14. The van der Waals surface area contributed by atoms with Crippen molar-refractivity contribution in [2.45, 2.75) is 32.1 Å². The zero-order chi connectivity index (χ0) is 6.55. The van der Waals surface area contributed by atoms with Gasteiger partial charge in [0.05, 0.1) is 0 Å². The third-order valence-corrected chi connectivity index (χ3v) is 3.50. The Morgan fingerprint density at radius 2 is 1.70 bits per heavy atom. The van der Waals surface area contributed by atoms with Gasteiger partial charge in [-0.25, -0.2) is 0 Å². The van der Waals surface area contributed by atoms with Crippen LogP contribution in [0.5, 0.6) is 0 Å². The summed E-state index contributed by atoms with van der Waals surface area (Å²) in [7, 11) is 0. The molecule has 10 heavy (non-hydrogen) atoms. The van der Waals surface area contributed by atoms with Crippen LogP contribution in [0.2, 0.25) is 0 Å². The molecule has 0 heteroatoms. The molecule has 54 valence electrons. The predicted octanol–water partition coefficient (Wildman–Crippen LogP) is 2.61. The molecule has 0 heterocycles.